The molecule has 2 atom stereocenters. The molecule has 2 heterocycles. The minimum Gasteiger partial charge on any atom is -0.508 e. The van der Waals surface area contributed by atoms with Crippen LogP contribution in [0.2, 0.25) is 0 Å². The van der Waals surface area contributed by atoms with Gasteiger partial charge in [0.2, 0.25) is 0 Å². The summed E-state index contributed by atoms with van der Waals surface area (Å²) in [5.74, 6) is 1.23. The molecule has 110 valence electrons. The maximum Gasteiger partial charge on any atom is 0.115 e. The standard InChI is InChI=1S/C17H26N2O/c1-13(14-4-6-16(20)7-5-14)19-11-8-15(9-12-19)17-3-2-10-18-17/h4-7,13,15,17-18,20H,2-3,8-12H2,1H3. The highest BCUT2D eigenvalue weighted by molar-refractivity contribution is 5.27. The highest BCUT2D eigenvalue weighted by Crippen LogP contribution is 2.30. The molecule has 2 aliphatic heterocycles. The van der Waals surface area contributed by atoms with Crippen molar-refractivity contribution in [1.29, 1.82) is 0 Å². The molecule has 0 aliphatic carbocycles. The highest BCUT2D eigenvalue weighted by Gasteiger charge is 2.29. The summed E-state index contributed by atoms with van der Waals surface area (Å²) in [4.78, 5) is 2.58. The molecule has 3 heteroatoms. The summed E-state index contributed by atoms with van der Waals surface area (Å²) in [6.07, 6.45) is 5.37. The summed E-state index contributed by atoms with van der Waals surface area (Å²) in [6, 6.07) is 8.91. The average Bonchev–Trinajstić information content (AvgIpc) is 3.02. The van der Waals surface area contributed by atoms with E-state index >= 15 is 0 Å². The fourth-order valence-corrected chi connectivity index (χ4v) is 3.79. The molecule has 2 unspecified atom stereocenters. The van der Waals surface area contributed by atoms with Gasteiger partial charge in [-0.25, -0.2) is 0 Å². The second kappa shape index (κ2) is 6.15. The maximum atomic E-state index is 9.38. The third-order valence-corrected chi connectivity index (χ3v) is 5.16. The lowest BCUT2D eigenvalue weighted by atomic mass is 9.87. The molecule has 0 spiro atoms. The molecule has 3 nitrogen and oxygen atoms in total. The molecular formula is C17H26N2O. The molecule has 2 aliphatic rings. The van der Waals surface area contributed by atoms with Crippen LogP contribution in [0.3, 0.4) is 0 Å². The third kappa shape index (κ3) is 2.99. The van der Waals surface area contributed by atoms with Gasteiger partial charge in [0.05, 0.1) is 0 Å². The molecule has 3 rings (SSSR count). The number of likely N-dealkylation sites (tertiary alicyclic amines) is 1. The molecule has 1 aromatic carbocycles. The fourth-order valence-electron chi connectivity index (χ4n) is 3.79. The lowest BCUT2D eigenvalue weighted by Gasteiger charge is -2.38. The number of hydrogen-bond donors (Lipinski definition) is 2. The summed E-state index contributed by atoms with van der Waals surface area (Å²) in [5.41, 5.74) is 1.31. The second-order valence-electron chi connectivity index (χ2n) is 6.34. The normalized spacial score (nSPS) is 26.8. The van der Waals surface area contributed by atoms with Crippen LogP contribution < -0.4 is 5.32 Å². The van der Waals surface area contributed by atoms with Crippen LogP contribution in [0.4, 0.5) is 0 Å². The number of piperidine rings is 1. The first-order valence-electron chi connectivity index (χ1n) is 8.00. The van der Waals surface area contributed by atoms with E-state index in [0.717, 1.165) is 12.0 Å². The van der Waals surface area contributed by atoms with Crippen LogP contribution in [0.1, 0.15) is 44.2 Å². The van der Waals surface area contributed by atoms with Crippen LogP contribution in [0.5, 0.6) is 5.75 Å². The van der Waals surface area contributed by atoms with Crippen LogP contribution in [0.25, 0.3) is 0 Å². The Morgan fingerprint density at radius 2 is 1.85 bits per heavy atom. The smallest absolute Gasteiger partial charge is 0.115 e. The van der Waals surface area contributed by atoms with E-state index in [-0.39, 0.29) is 0 Å². The minimum atomic E-state index is 0.354. The van der Waals surface area contributed by atoms with E-state index in [2.05, 4.69) is 17.1 Å². The van der Waals surface area contributed by atoms with E-state index in [0.29, 0.717) is 11.8 Å². The summed E-state index contributed by atoms with van der Waals surface area (Å²) >= 11 is 0. The molecule has 1 aromatic rings. The van der Waals surface area contributed by atoms with E-state index in [1.165, 1.54) is 50.9 Å². The Balaban J connectivity index is 1.55. The predicted octanol–water partition coefficient (Wildman–Crippen LogP) is 2.92. The number of phenolic OH excluding ortho intramolecular Hbond substituents is 1. The summed E-state index contributed by atoms with van der Waals surface area (Å²) in [6.45, 7) is 5.89. The van der Waals surface area contributed by atoms with Gasteiger partial charge < -0.3 is 10.4 Å². The van der Waals surface area contributed by atoms with Gasteiger partial charge in [-0.2, -0.15) is 0 Å². The van der Waals surface area contributed by atoms with E-state index in [1.807, 2.05) is 12.1 Å². The molecular weight excluding hydrogens is 248 g/mol. The molecule has 2 N–H and O–H groups in total. The van der Waals surface area contributed by atoms with Crippen LogP contribution in [0, 0.1) is 5.92 Å². The van der Waals surface area contributed by atoms with Crippen molar-refractivity contribution in [2.24, 2.45) is 5.92 Å². The third-order valence-electron chi connectivity index (χ3n) is 5.16. The number of benzene rings is 1. The van der Waals surface area contributed by atoms with Crippen molar-refractivity contribution >= 4 is 0 Å². The van der Waals surface area contributed by atoms with Gasteiger partial charge in [0.15, 0.2) is 0 Å². The molecule has 2 saturated heterocycles. The Morgan fingerprint density at radius 1 is 1.15 bits per heavy atom. The fraction of sp³-hybridized carbons (Fsp3) is 0.647. The zero-order chi connectivity index (χ0) is 13.9. The van der Waals surface area contributed by atoms with Gasteiger partial charge in [-0.05, 0) is 75.9 Å². The SMILES string of the molecule is CC(c1ccc(O)cc1)N1CCC(C2CCCN2)CC1. The maximum absolute atomic E-state index is 9.38. The first kappa shape index (κ1) is 13.9. The van der Waals surface area contributed by atoms with Crippen molar-refractivity contribution in [2.45, 2.75) is 44.7 Å². The molecule has 0 aromatic heterocycles. The monoisotopic (exact) mass is 274 g/mol. The first-order chi connectivity index (χ1) is 9.74. The number of phenols is 1. The van der Waals surface area contributed by atoms with E-state index in [4.69, 9.17) is 0 Å². The van der Waals surface area contributed by atoms with E-state index < -0.39 is 0 Å². The Morgan fingerprint density at radius 3 is 2.45 bits per heavy atom. The Labute approximate surface area is 122 Å². The molecule has 0 bridgehead atoms. The summed E-state index contributed by atoms with van der Waals surface area (Å²) in [7, 11) is 0. The van der Waals surface area contributed by atoms with Crippen LogP contribution in [-0.4, -0.2) is 35.7 Å². The molecule has 2 fully saturated rings. The molecule has 0 saturated carbocycles. The number of nitrogens with zero attached hydrogens (tertiary/aromatic N) is 1. The average molecular weight is 274 g/mol. The van der Waals surface area contributed by atoms with Gasteiger partial charge >= 0.3 is 0 Å². The largest absolute Gasteiger partial charge is 0.508 e. The van der Waals surface area contributed by atoms with Crippen molar-refractivity contribution in [1.82, 2.24) is 10.2 Å². The van der Waals surface area contributed by atoms with Gasteiger partial charge in [-0.1, -0.05) is 12.1 Å². The van der Waals surface area contributed by atoms with Crippen molar-refractivity contribution < 1.29 is 5.11 Å². The van der Waals surface area contributed by atoms with Crippen molar-refractivity contribution in [2.75, 3.05) is 19.6 Å². The van der Waals surface area contributed by atoms with Crippen LogP contribution >= 0.6 is 0 Å². The molecule has 0 radical (unpaired) electrons. The lowest BCUT2D eigenvalue weighted by molar-refractivity contribution is 0.126. The number of rotatable bonds is 3. The quantitative estimate of drug-likeness (QED) is 0.889. The summed E-state index contributed by atoms with van der Waals surface area (Å²) in [5, 5.41) is 13.0. The van der Waals surface area contributed by atoms with Crippen LogP contribution in [-0.2, 0) is 0 Å². The molecule has 20 heavy (non-hydrogen) atoms. The summed E-state index contributed by atoms with van der Waals surface area (Å²) < 4.78 is 0. The van der Waals surface area contributed by atoms with E-state index in [9.17, 15) is 5.11 Å². The zero-order valence-corrected chi connectivity index (χ0v) is 12.4. The van der Waals surface area contributed by atoms with Gasteiger partial charge in [0, 0.05) is 12.1 Å². The van der Waals surface area contributed by atoms with Gasteiger partial charge in [-0.15, -0.1) is 0 Å². The van der Waals surface area contributed by atoms with Gasteiger partial charge in [0.25, 0.3) is 0 Å². The van der Waals surface area contributed by atoms with Gasteiger partial charge in [-0.3, -0.25) is 4.90 Å². The molecule has 0 amide bonds. The lowest BCUT2D eigenvalue weighted by Crippen LogP contribution is -2.41. The highest BCUT2D eigenvalue weighted by atomic mass is 16.3. The van der Waals surface area contributed by atoms with Gasteiger partial charge in [0.1, 0.15) is 5.75 Å². The minimum absolute atomic E-state index is 0.354. The Kier molecular flexibility index (Phi) is 4.27. The predicted molar refractivity (Wildman–Crippen MR) is 81.8 cm³/mol. The first-order valence-corrected chi connectivity index (χ1v) is 8.00. The topological polar surface area (TPSA) is 35.5 Å². The van der Waals surface area contributed by atoms with E-state index in [1.54, 1.807) is 12.1 Å². The van der Waals surface area contributed by atoms with Crippen molar-refractivity contribution in [3.05, 3.63) is 29.8 Å². The number of aromatic hydroxyl groups is 1. The number of hydrogen-bond acceptors (Lipinski definition) is 3. The zero-order valence-electron chi connectivity index (χ0n) is 12.4. The van der Waals surface area contributed by atoms with Crippen molar-refractivity contribution in [3.8, 4) is 5.75 Å². The van der Waals surface area contributed by atoms with Crippen LogP contribution in [0.15, 0.2) is 24.3 Å². The number of nitrogens with one attached hydrogen (secondary N) is 1. The Bertz CT molecular complexity index is 417. The Hall–Kier alpha value is -1.06. The van der Waals surface area contributed by atoms with Crippen molar-refractivity contribution in [3.63, 3.8) is 0 Å². The second-order valence-corrected chi connectivity index (χ2v) is 6.34.